The molecule has 0 radical (unpaired) electrons. The van der Waals surface area contributed by atoms with Crippen LogP contribution in [0.5, 0.6) is 0 Å². The molecule has 0 bridgehead atoms. The third kappa shape index (κ3) is 3.79. The molecule has 1 unspecified atom stereocenters. The molecule has 0 aliphatic heterocycles. The van der Waals surface area contributed by atoms with Crippen LogP contribution in [0, 0.1) is 5.92 Å². The molecular formula is C9H15F2N3S. The third-order valence-corrected chi connectivity index (χ3v) is 3.26. The van der Waals surface area contributed by atoms with Gasteiger partial charge in [-0.2, -0.15) is 20.5 Å². The molecule has 15 heavy (non-hydrogen) atoms. The Hall–Kier alpha value is -0.620. The van der Waals surface area contributed by atoms with Gasteiger partial charge in [0.25, 0.3) is 0 Å². The lowest BCUT2D eigenvalue weighted by atomic mass is 10.2. The fourth-order valence-electron chi connectivity index (χ4n) is 1.05. The summed E-state index contributed by atoms with van der Waals surface area (Å²) in [7, 11) is 0. The SMILES string of the molecule is CC(CN)CSCc1nccn1C(F)F. The van der Waals surface area contributed by atoms with Crippen molar-refractivity contribution >= 4 is 11.8 Å². The zero-order valence-corrected chi connectivity index (χ0v) is 9.38. The molecule has 2 N–H and O–H groups in total. The molecule has 0 spiro atoms. The van der Waals surface area contributed by atoms with E-state index in [9.17, 15) is 8.78 Å². The summed E-state index contributed by atoms with van der Waals surface area (Å²) < 4.78 is 25.7. The second-order valence-electron chi connectivity index (χ2n) is 3.38. The average Bonchev–Trinajstić information content (AvgIpc) is 2.65. The summed E-state index contributed by atoms with van der Waals surface area (Å²) in [5.41, 5.74) is 5.46. The van der Waals surface area contributed by atoms with E-state index in [0.29, 0.717) is 24.0 Å². The van der Waals surface area contributed by atoms with Crippen LogP contribution < -0.4 is 5.73 Å². The second-order valence-corrected chi connectivity index (χ2v) is 4.41. The van der Waals surface area contributed by atoms with Gasteiger partial charge in [-0.25, -0.2) is 4.98 Å². The number of hydrogen-bond acceptors (Lipinski definition) is 3. The van der Waals surface area contributed by atoms with Crippen LogP contribution in [0.25, 0.3) is 0 Å². The molecule has 0 aliphatic rings. The van der Waals surface area contributed by atoms with E-state index in [4.69, 9.17) is 5.73 Å². The van der Waals surface area contributed by atoms with Crippen LogP contribution in [-0.4, -0.2) is 21.8 Å². The maximum atomic E-state index is 12.4. The number of nitrogens with zero attached hydrogens (tertiary/aromatic N) is 2. The lowest BCUT2D eigenvalue weighted by Crippen LogP contribution is -2.13. The number of hydrogen-bond donors (Lipinski definition) is 1. The summed E-state index contributed by atoms with van der Waals surface area (Å²) in [5, 5.41) is 0. The summed E-state index contributed by atoms with van der Waals surface area (Å²) in [5.74, 6) is 2.19. The number of thioether (sulfide) groups is 1. The van der Waals surface area contributed by atoms with Gasteiger partial charge in [-0.05, 0) is 18.2 Å². The molecule has 0 fully saturated rings. The summed E-state index contributed by atoms with van der Waals surface area (Å²) >= 11 is 1.58. The summed E-state index contributed by atoms with van der Waals surface area (Å²) in [6.45, 7) is 0.151. The Labute approximate surface area is 92.1 Å². The molecule has 1 heterocycles. The van der Waals surface area contributed by atoms with Crippen molar-refractivity contribution < 1.29 is 8.78 Å². The minimum absolute atomic E-state index is 0.407. The number of aromatic nitrogens is 2. The lowest BCUT2D eigenvalue weighted by molar-refractivity contribution is 0.0678. The largest absolute Gasteiger partial charge is 0.330 e. The van der Waals surface area contributed by atoms with Gasteiger partial charge in [0.05, 0.1) is 5.75 Å². The van der Waals surface area contributed by atoms with Gasteiger partial charge >= 0.3 is 6.55 Å². The van der Waals surface area contributed by atoms with Crippen LogP contribution >= 0.6 is 11.8 Å². The fraction of sp³-hybridized carbons (Fsp3) is 0.667. The number of alkyl halides is 2. The Morgan fingerprint density at radius 2 is 2.33 bits per heavy atom. The van der Waals surface area contributed by atoms with Gasteiger partial charge in [-0.3, -0.25) is 4.57 Å². The molecule has 86 valence electrons. The molecule has 1 atom stereocenters. The quantitative estimate of drug-likeness (QED) is 0.821. The number of halogens is 2. The van der Waals surface area contributed by atoms with E-state index in [2.05, 4.69) is 4.98 Å². The minimum Gasteiger partial charge on any atom is -0.330 e. The molecule has 0 saturated heterocycles. The first-order valence-corrected chi connectivity index (χ1v) is 5.88. The predicted molar refractivity (Wildman–Crippen MR) is 57.9 cm³/mol. The number of nitrogens with two attached hydrogens (primary N) is 1. The van der Waals surface area contributed by atoms with Gasteiger partial charge < -0.3 is 5.73 Å². The van der Waals surface area contributed by atoms with E-state index < -0.39 is 6.55 Å². The van der Waals surface area contributed by atoms with Crippen LogP contribution in [0.3, 0.4) is 0 Å². The van der Waals surface area contributed by atoms with Gasteiger partial charge in [0, 0.05) is 12.4 Å². The first kappa shape index (κ1) is 12.4. The van der Waals surface area contributed by atoms with E-state index >= 15 is 0 Å². The highest BCUT2D eigenvalue weighted by Crippen LogP contribution is 2.18. The highest BCUT2D eigenvalue weighted by Gasteiger charge is 2.11. The van der Waals surface area contributed by atoms with Crippen LogP contribution in [0.15, 0.2) is 12.4 Å². The van der Waals surface area contributed by atoms with Crippen LogP contribution in [0.1, 0.15) is 19.3 Å². The first-order valence-electron chi connectivity index (χ1n) is 4.72. The lowest BCUT2D eigenvalue weighted by Gasteiger charge is -2.08. The van der Waals surface area contributed by atoms with Gasteiger partial charge in [-0.1, -0.05) is 6.92 Å². The second kappa shape index (κ2) is 6.07. The Morgan fingerprint density at radius 1 is 1.60 bits per heavy atom. The smallest absolute Gasteiger partial charge is 0.319 e. The maximum Gasteiger partial charge on any atom is 0.319 e. The monoisotopic (exact) mass is 235 g/mol. The van der Waals surface area contributed by atoms with Gasteiger partial charge in [0.1, 0.15) is 5.82 Å². The Kier molecular flexibility index (Phi) is 5.04. The third-order valence-electron chi connectivity index (χ3n) is 2.00. The molecule has 0 aliphatic carbocycles. The molecule has 0 aromatic carbocycles. The molecule has 6 heteroatoms. The Balaban J connectivity index is 2.40. The van der Waals surface area contributed by atoms with E-state index in [1.165, 1.54) is 12.4 Å². The van der Waals surface area contributed by atoms with Crippen molar-refractivity contribution in [2.24, 2.45) is 11.7 Å². The highest BCUT2D eigenvalue weighted by molar-refractivity contribution is 7.98. The Bertz CT molecular complexity index is 291. The topological polar surface area (TPSA) is 43.8 Å². The van der Waals surface area contributed by atoms with Crippen molar-refractivity contribution in [1.29, 1.82) is 0 Å². The van der Waals surface area contributed by atoms with Crippen LogP contribution in [-0.2, 0) is 5.75 Å². The van der Waals surface area contributed by atoms with Gasteiger partial charge in [0.2, 0.25) is 0 Å². The normalized spacial score (nSPS) is 13.4. The van der Waals surface area contributed by atoms with E-state index in [-0.39, 0.29) is 0 Å². The van der Waals surface area contributed by atoms with Crippen molar-refractivity contribution in [3.05, 3.63) is 18.2 Å². The molecule has 0 saturated carbocycles. The summed E-state index contributed by atoms with van der Waals surface area (Å²) in [6.07, 6.45) is 2.70. The van der Waals surface area contributed by atoms with E-state index in [0.717, 1.165) is 10.3 Å². The van der Waals surface area contributed by atoms with Crippen molar-refractivity contribution in [2.75, 3.05) is 12.3 Å². The van der Waals surface area contributed by atoms with Crippen molar-refractivity contribution in [2.45, 2.75) is 19.2 Å². The molecular weight excluding hydrogens is 220 g/mol. The van der Waals surface area contributed by atoms with Gasteiger partial charge in [0.15, 0.2) is 0 Å². The average molecular weight is 235 g/mol. The van der Waals surface area contributed by atoms with E-state index in [1.807, 2.05) is 6.92 Å². The molecule has 3 nitrogen and oxygen atoms in total. The maximum absolute atomic E-state index is 12.4. The highest BCUT2D eigenvalue weighted by atomic mass is 32.2. The molecule has 1 rings (SSSR count). The fourth-order valence-corrected chi connectivity index (χ4v) is 2.12. The van der Waals surface area contributed by atoms with Crippen LogP contribution in [0.4, 0.5) is 8.78 Å². The standard InChI is InChI=1S/C9H15F2N3S/c1-7(4-12)5-15-6-8-13-2-3-14(8)9(10)11/h2-3,7,9H,4-6,12H2,1H3. The molecule has 1 aromatic heterocycles. The van der Waals surface area contributed by atoms with Crippen LogP contribution in [0.2, 0.25) is 0 Å². The van der Waals surface area contributed by atoms with Crippen molar-refractivity contribution in [3.63, 3.8) is 0 Å². The summed E-state index contributed by atoms with van der Waals surface area (Å²) in [4.78, 5) is 3.89. The van der Waals surface area contributed by atoms with Gasteiger partial charge in [-0.15, -0.1) is 0 Å². The Morgan fingerprint density at radius 3 is 2.93 bits per heavy atom. The zero-order chi connectivity index (χ0) is 11.3. The molecule has 0 amide bonds. The minimum atomic E-state index is -2.50. The summed E-state index contributed by atoms with van der Waals surface area (Å²) in [6, 6.07) is 0. The van der Waals surface area contributed by atoms with Crippen molar-refractivity contribution in [1.82, 2.24) is 9.55 Å². The first-order chi connectivity index (χ1) is 7.15. The molecule has 1 aromatic rings. The predicted octanol–water partition coefficient (Wildman–Crippen LogP) is 2.11. The number of rotatable bonds is 6. The zero-order valence-electron chi connectivity index (χ0n) is 8.57. The number of imidazole rings is 1. The van der Waals surface area contributed by atoms with E-state index in [1.54, 1.807) is 11.8 Å². The van der Waals surface area contributed by atoms with Crippen molar-refractivity contribution in [3.8, 4) is 0 Å².